The molecule has 1 aromatic heterocycles. The lowest BCUT2D eigenvalue weighted by Gasteiger charge is -2.21. The normalized spacial score (nSPS) is 10.9. The van der Waals surface area contributed by atoms with Crippen LogP contribution in [0.15, 0.2) is 40.0 Å². The molecular weight excluding hydrogens is 437 g/mol. The van der Waals surface area contributed by atoms with Crippen LogP contribution in [0.1, 0.15) is 18.1 Å². The van der Waals surface area contributed by atoms with Crippen LogP contribution in [0.3, 0.4) is 0 Å². The second-order valence-electron chi connectivity index (χ2n) is 5.15. The molecule has 132 valence electrons. The predicted molar refractivity (Wildman–Crippen MR) is 111 cm³/mol. The number of methoxy groups -OCH3 is 1. The Kier molecular flexibility index (Phi) is 8.91. The summed E-state index contributed by atoms with van der Waals surface area (Å²) in [5, 5.41) is 17.4. The van der Waals surface area contributed by atoms with E-state index < -0.39 is 0 Å². The van der Waals surface area contributed by atoms with Crippen molar-refractivity contribution in [2.75, 3.05) is 20.7 Å². The van der Waals surface area contributed by atoms with Gasteiger partial charge in [0.25, 0.3) is 0 Å². The highest BCUT2D eigenvalue weighted by Crippen LogP contribution is 2.23. The molecule has 0 atom stereocenters. The molecule has 0 fully saturated rings. The standard InChI is InChI=1S/C17H23N3O2S.HI/c1-4-18-17(20(2)11-13-7-8-23-12-13)19-10-14-9-15(22-3)5-6-16(14)21;/h5-9,12,21H,4,10-11H2,1-3H3,(H,18,19);1H. The van der Waals surface area contributed by atoms with Crippen molar-refractivity contribution in [1.82, 2.24) is 10.2 Å². The average Bonchev–Trinajstić information content (AvgIpc) is 3.05. The van der Waals surface area contributed by atoms with E-state index >= 15 is 0 Å². The van der Waals surface area contributed by atoms with E-state index in [1.165, 1.54) is 5.56 Å². The highest BCUT2D eigenvalue weighted by molar-refractivity contribution is 14.0. The van der Waals surface area contributed by atoms with Crippen molar-refractivity contribution in [3.8, 4) is 11.5 Å². The van der Waals surface area contributed by atoms with Crippen molar-refractivity contribution in [3.05, 3.63) is 46.2 Å². The molecular formula is C17H24IN3O2S. The highest BCUT2D eigenvalue weighted by atomic mass is 127. The van der Waals surface area contributed by atoms with Gasteiger partial charge in [-0.25, -0.2) is 4.99 Å². The zero-order valence-electron chi connectivity index (χ0n) is 14.2. The summed E-state index contributed by atoms with van der Waals surface area (Å²) in [6.07, 6.45) is 0. The number of phenols is 1. The van der Waals surface area contributed by atoms with Gasteiger partial charge in [-0.3, -0.25) is 0 Å². The van der Waals surface area contributed by atoms with E-state index in [1.54, 1.807) is 36.6 Å². The lowest BCUT2D eigenvalue weighted by molar-refractivity contribution is 0.410. The Balaban J connectivity index is 0.00000288. The Morgan fingerprint density at radius 3 is 2.79 bits per heavy atom. The van der Waals surface area contributed by atoms with E-state index in [-0.39, 0.29) is 29.7 Å². The number of rotatable bonds is 6. The number of aliphatic imine (C=N–C) groups is 1. The molecule has 0 unspecified atom stereocenters. The summed E-state index contributed by atoms with van der Waals surface area (Å²) in [6, 6.07) is 7.28. The Morgan fingerprint density at radius 2 is 2.17 bits per heavy atom. The molecule has 0 aliphatic heterocycles. The number of aromatic hydroxyl groups is 1. The minimum absolute atomic E-state index is 0. The number of thiophene rings is 1. The van der Waals surface area contributed by atoms with E-state index in [0.29, 0.717) is 12.3 Å². The maximum Gasteiger partial charge on any atom is 0.194 e. The van der Waals surface area contributed by atoms with Crippen LogP contribution in [0.2, 0.25) is 0 Å². The van der Waals surface area contributed by atoms with Crippen LogP contribution >= 0.6 is 35.3 Å². The summed E-state index contributed by atoms with van der Waals surface area (Å²) in [5.74, 6) is 1.75. The number of hydrogen-bond donors (Lipinski definition) is 2. The topological polar surface area (TPSA) is 57.1 Å². The van der Waals surface area contributed by atoms with Gasteiger partial charge in [-0.1, -0.05) is 0 Å². The maximum absolute atomic E-state index is 9.96. The van der Waals surface area contributed by atoms with Crippen LogP contribution in [-0.2, 0) is 13.1 Å². The maximum atomic E-state index is 9.96. The van der Waals surface area contributed by atoms with Crippen LogP contribution in [0.5, 0.6) is 11.5 Å². The third-order valence-corrected chi connectivity index (χ3v) is 4.11. The van der Waals surface area contributed by atoms with Crippen LogP contribution in [0.25, 0.3) is 0 Å². The van der Waals surface area contributed by atoms with Crippen LogP contribution in [0, 0.1) is 0 Å². The number of phenolic OH excluding ortho intramolecular Hbond substituents is 1. The highest BCUT2D eigenvalue weighted by Gasteiger charge is 2.08. The molecule has 0 aliphatic carbocycles. The second kappa shape index (κ2) is 10.4. The molecule has 2 rings (SSSR count). The first-order chi connectivity index (χ1) is 11.1. The molecule has 0 aliphatic rings. The first-order valence-electron chi connectivity index (χ1n) is 7.50. The quantitative estimate of drug-likeness (QED) is 0.392. The Hall–Kier alpha value is -1.48. The molecule has 7 heteroatoms. The lowest BCUT2D eigenvalue weighted by Crippen LogP contribution is -2.38. The molecule has 0 spiro atoms. The summed E-state index contributed by atoms with van der Waals surface area (Å²) < 4.78 is 5.20. The van der Waals surface area contributed by atoms with Crippen molar-refractivity contribution in [1.29, 1.82) is 0 Å². The van der Waals surface area contributed by atoms with E-state index in [1.807, 2.05) is 14.0 Å². The summed E-state index contributed by atoms with van der Waals surface area (Å²) in [6.45, 7) is 4.01. The fraction of sp³-hybridized carbons (Fsp3) is 0.353. The fourth-order valence-corrected chi connectivity index (χ4v) is 2.84. The van der Waals surface area contributed by atoms with Crippen molar-refractivity contribution in [2.24, 2.45) is 4.99 Å². The van der Waals surface area contributed by atoms with Crippen molar-refractivity contribution < 1.29 is 9.84 Å². The molecule has 2 N–H and O–H groups in total. The van der Waals surface area contributed by atoms with Gasteiger partial charge in [0.2, 0.25) is 0 Å². The van der Waals surface area contributed by atoms with E-state index in [4.69, 9.17) is 4.74 Å². The summed E-state index contributed by atoms with van der Waals surface area (Å²) in [7, 11) is 3.61. The molecule has 0 radical (unpaired) electrons. The van der Waals surface area contributed by atoms with Crippen molar-refractivity contribution in [3.63, 3.8) is 0 Å². The van der Waals surface area contributed by atoms with Gasteiger partial charge in [0, 0.05) is 25.7 Å². The molecule has 0 bridgehead atoms. The van der Waals surface area contributed by atoms with Gasteiger partial charge < -0.3 is 20.1 Å². The molecule has 2 aromatic rings. The molecule has 24 heavy (non-hydrogen) atoms. The van der Waals surface area contributed by atoms with Crippen molar-refractivity contribution in [2.45, 2.75) is 20.0 Å². The van der Waals surface area contributed by atoms with Crippen LogP contribution < -0.4 is 10.1 Å². The van der Waals surface area contributed by atoms with E-state index in [9.17, 15) is 5.11 Å². The number of halogens is 1. The number of benzene rings is 1. The first-order valence-corrected chi connectivity index (χ1v) is 8.44. The van der Waals surface area contributed by atoms with E-state index in [0.717, 1.165) is 24.6 Å². The monoisotopic (exact) mass is 461 g/mol. The Morgan fingerprint density at radius 1 is 1.38 bits per heavy atom. The Labute approximate surface area is 164 Å². The van der Waals surface area contributed by atoms with Gasteiger partial charge in [-0.2, -0.15) is 11.3 Å². The fourth-order valence-electron chi connectivity index (χ4n) is 2.18. The average molecular weight is 461 g/mol. The molecule has 1 aromatic carbocycles. The minimum Gasteiger partial charge on any atom is -0.508 e. The SMILES string of the molecule is CCNC(=NCc1cc(OC)ccc1O)N(C)Cc1ccsc1.I. The first kappa shape index (κ1) is 20.6. The minimum atomic E-state index is 0. The third-order valence-electron chi connectivity index (χ3n) is 3.38. The lowest BCUT2D eigenvalue weighted by atomic mass is 10.2. The third kappa shape index (κ3) is 5.86. The zero-order valence-corrected chi connectivity index (χ0v) is 17.3. The smallest absolute Gasteiger partial charge is 0.194 e. The molecule has 0 saturated carbocycles. The van der Waals surface area contributed by atoms with Gasteiger partial charge in [-0.15, -0.1) is 24.0 Å². The van der Waals surface area contributed by atoms with Gasteiger partial charge in [0.1, 0.15) is 11.5 Å². The van der Waals surface area contributed by atoms with Gasteiger partial charge >= 0.3 is 0 Å². The van der Waals surface area contributed by atoms with Crippen molar-refractivity contribution >= 4 is 41.3 Å². The van der Waals surface area contributed by atoms with Gasteiger partial charge in [0.05, 0.1) is 13.7 Å². The number of guanidine groups is 1. The van der Waals surface area contributed by atoms with Crippen LogP contribution in [-0.4, -0.2) is 36.7 Å². The molecule has 1 heterocycles. The number of hydrogen-bond acceptors (Lipinski definition) is 4. The predicted octanol–water partition coefficient (Wildman–Crippen LogP) is 3.68. The largest absolute Gasteiger partial charge is 0.508 e. The molecule has 5 nitrogen and oxygen atoms in total. The Bertz CT molecular complexity index is 647. The van der Waals surface area contributed by atoms with Crippen LogP contribution in [0.4, 0.5) is 0 Å². The number of nitrogens with zero attached hydrogens (tertiary/aromatic N) is 2. The molecule has 0 saturated heterocycles. The molecule has 0 amide bonds. The van der Waals surface area contributed by atoms with Gasteiger partial charge in [0.15, 0.2) is 5.96 Å². The summed E-state index contributed by atoms with van der Waals surface area (Å²) in [4.78, 5) is 6.69. The zero-order chi connectivity index (χ0) is 16.7. The van der Waals surface area contributed by atoms with E-state index in [2.05, 4.69) is 32.0 Å². The number of ether oxygens (including phenoxy) is 1. The summed E-state index contributed by atoms with van der Waals surface area (Å²) >= 11 is 1.69. The number of nitrogens with one attached hydrogen (secondary N) is 1. The summed E-state index contributed by atoms with van der Waals surface area (Å²) in [5.41, 5.74) is 2.00. The second-order valence-corrected chi connectivity index (χ2v) is 5.93. The van der Waals surface area contributed by atoms with Gasteiger partial charge in [-0.05, 0) is 47.5 Å².